The maximum Gasteiger partial charge on any atom is 0.321 e. The second-order valence-electron chi connectivity index (χ2n) is 6.66. The number of carbonyl (C=O) groups is 2. The first-order valence-electron chi connectivity index (χ1n) is 8.71. The van der Waals surface area contributed by atoms with Crippen LogP contribution in [0, 0.1) is 5.92 Å². The second kappa shape index (κ2) is 7.88. The third-order valence-corrected chi connectivity index (χ3v) is 5.13. The predicted octanol–water partition coefficient (Wildman–Crippen LogP) is 3.60. The Morgan fingerprint density at radius 1 is 1.08 bits per heavy atom. The van der Waals surface area contributed by atoms with Gasteiger partial charge >= 0.3 is 6.03 Å². The molecule has 2 saturated heterocycles. The van der Waals surface area contributed by atoms with Crippen LogP contribution in [0.3, 0.4) is 0 Å². The molecule has 5 nitrogen and oxygen atoms in total. The van der Waals surface area contributed by atoms with Crippen LogP contribution in [-0.4, -0.2) is 47.9 Å². The summed E-state index contributed by atoms with van der Waals surface area (Å²) in [6.07, 6.45) is 4.68. The first-order chi connectivity index (χ1) is 11.6. The number of benzene rings is 1. The fourth-order valence-electron chi connectivity index (χ4n) is 3.45. The van der Waals surface area contributed by atoms with E-state index < -0.39 is 0 Å². The lowest BCUT2D eigenvalue weighted by Gasteiger charge is -2.32. The van der Waals surface area contributed by atoms with Crippen LogP contribution in [0.1, 0.15) is 32.1 Å². The molecule has 0 atom stereocenters. The molecule has 1 N–H and O–H groups in total. The quantitative estimate of drug-likeness (QED) is 0.906. The predicted molar refractivity (Wildman–Crippen MR) is 95.2 cm³/mol. The number of likely N-dealkylation sites (tertiary alicyclic amines) is 2. The first-order valence-corrected chi connectivity index (χ1v) is 9.09. The van der Waals surface area contributed by atoms with Crippen molar-refractivity contribution in [3.05, 3.63) is 29.3 Å². The van der Waals surface area contributed by atoms with Gasteiger partial charge in [0.2, 0.25) is 5.91 Å². The number of rotatable bonds is 3. The van der Waals surface area contributed by atoms with Gasteiger partial charge < -0.3 is 15.1 Å². The normalized spacial score (nSPS) is 18.7. The number of piperidine rings is 1. The number of carbonyl (C=O) groups excluding carboxylic acids is 2. The summed E-state index contributed by atoms with van der Waals surface area (Å²) in [6.45, 7) is 3.23. The second-order valence-corrected chi connectivity index (χ2v) is 7.10. The van der Waals surface area contributed by atoms with Crippen LogP contribution in [0.5, 0.6) is 0 Å². The van der Waals surface area contributed by atoms with Gasteiger partial charge in [-0.1, -0.05) is 17.7 Å². The van der Waals surface area contributed by atoms with Crippen LogP contribution in [0.25, 0.3) is 0 Å². The molecule has 0 aromatic heterocycles. The summed E-state index contributed by atoms with van der Waals surface area (Å²) in [5.74, 6) is 0.683. The number of urea groups is 1. The Balaban J connectivity index is 1.44. The number of hydrogen-bond donors (Lipinski definition) is 1. The molecule has 0 bridgehead atoms. The van der Waals surface area contributed by atoms with Crippen LogP contribution in [0.15, 0.2) is 24.3 Å². The van der Waals surface area contributed by atoms with E-state index in [0.29, 0.717) is 36.1 Å². The summed E-state index contributed by atoms with van der Waals surface area (Å²) >= 11 is 5.93. The van der Waals surface area contributed by atoms with E-state index in [4.69, 9.17) is 11.6 Å². The molecule has 0 unspecified atom stereocenters. The minimum atomic E-state index is -0.0958. The van der Waals surface area contributed by atoms with Crippen LogP contribution in [0.4, 0.5) is 10.5 Å². The van der Waals surface area contributed by atoms with E-state index in [1.807, 2.05) is 21.9 Å². The SMILES string of the molecule is O=C(CC1CCN(C(=O)Nc2cccc(Cl)c2)CC1)N1CCCC1. The lowest BCUT2D eigenvalue weighted by Crippen LogP contribution is -2.42. The molecule has 6 heteroatoms. The molecule has 24 heavy (non-hydrogen) atoms. The molecule has 1 aromatic rings. The average molecular weight is 350 g/mol. The Labute approximate surface area is 147 Å². The van der Waals surface area contributed by atoms with Gasteiger partial charge in [-0.3, -0.25) is 4.79 Å². The minimum absolute atomic E-state index is 0.0958. The first kappa shape index (κ1) is 17.1. The highest BCUT2D eigenvalue weighted by Gasteiger charge is 2.27. The third-order valence-electron chi connectivity index (χ3n) is 4.90. The van der Waals surface area contributed by atoms with Crippen molar-refractivity contribution in [2.45, 2.75) is 32.1 Å². The number of hydrogen-bond acceptors (Lipinski definition) is 2. The van der Waals surface area contributed by atoms with Crippen molar-refractivity contribution in [3.63, 3.8) is 0 Å². The molecule has 0 radical (unpaired) electrons. The Bertz CT molecular complexity index is 594. The van der Waals surface area contributed by atoms with Gasteiger partial charge in [0, 0.05) is 43.3 Å². The van der Waals surface area contributed by atoms with E-state index in [1.54, 1.807) is 12.1 Å². The van der Waals surface area contributed by atoms with Crippen molar-refractivity contribution >= 4 is 29.2 Å². The van der Waals surface area contributed by atoms with Gasteiger partial charge in [-0.15, -0.1) is 0 Å². The van der Waals surface area contributed by atoms with Gasteiger partial charge in [0.05, 0.1) is 0 Å². The summed E-state index contributed by atoms with van der Waals surface area (Å²) in [5.41, 5.74) is 0.707. The molecular weight excluding hydrogens is 326 g/mol. The van der Waals surface area contributed by atoms with Gasteiger partial charge in [0.25, 0.3) is 0 Å². The zero-order chi connectivity index (χ0) is 16.9. The standard InChI is InChI=1S/C18H24ClN3O2/c19-15-4-3-5-16(13-15)20-18(24)22-10-6-14(7-11-22)12-17(23)21-8-1-2-9-21/h3-5,13-14H,1-2,6-12H2,(H,20,24). The van der Waals surface area contributed by atoms with Gasteiger partial charge in [0.15, 0.2) is 0 Å². The number of anilines is 1. The Hall–Kier alpha value is -1.75. The highest BCUT2D eigenvalue weighted by molar-refractivity contribution is 6.30. The van der Waals surface area contributed by atoms with E-state index in [2.05, 4.69) is 5.32 Å². The Morgan fingerprint density at radius 2 is 1.79 bits per heavy atom. The molecule has 3 amide bonds. The van der Waals surface area contributed by atoms with Crippen molar-refractivity contribution in [2.24, 2.45) is 5.92 Å². The molecule has 2 aliphatic rings. The molecule has 0 saturated carbocycles. The van der Waals surface area contributed by atoms with Crippen LogP contribution >= 0.6 is 11.6 Å². The highest BCUT2D eigenvalue weighted by atomic mass is 35.5. The van der Waals surface area contributed by atoms with E-state index in [1.165, 1.54) is 0 Å². The summed E-state index contributed by atoms with van der Waals surface area (Å²) < 4.78 is 0. The molecule has 1 aromatic carbocycles. The minimum Gasteiger partial charge on any atom is -0.343 e. The van der Waals surface area contributed by atoms with Crippen LogP contribution < -0.4 is 5.32 Å². The van der Waals surface area contributed by atoms with Gasteiger partial charge in [-0.25, -0.2) is 4.79 Å². The monoisotopic (exact) mass is 349 g/mol. The van der Waals surface area contributed by atoms with E-state index in [0.717, 1.165) is 38.8 Å². The maximum absolute atomic E-state index is 12.3. The largest absolute Gasteiger partial charge is 0.343 e. The molecule has 2 fully saturated rings. The van der Waals surface area contributed by atoms with Crippen molar-refractivity contribution in [2.75, 3.05) is 31.5 Å². The lowest BCUT2D eigenvalue weighted by atomic mass is 9.93. The number of amides is 3. The zero-order valence-electron chi connectivity index (χ0n) is 13.8. The van der Waals surface area contributed by atoms with E-state index >= 15 is 0 Å². The number of halogens is 1. The fourth-order valence-corrected chi connectivity index (χ4v) is 3.64. The Kier molecular flexibility index (Phi) is 5.61. The summed E-state index contributed by atoms with van der Waals surface area (Å²) in [6, 6.07) is 7.06. The molecule has 0 aliphatic carbocycles. The van der Waals surface area contributed by atoms with Gasteiger partial charge in [-0.2, -0.15) is 0 Å². The molecule has 3 rings (SSSR count). The van der Waals surface area contributed by atoms with Crippen molar-refractivity contribution in [1.82, 2.24) is 9.80 Å². The zero-order valence-corrected chi connectivity index (χ0v) is 14.6. The van der Waals surface area contributed by atoms with Crippen LogP contribution in [0.2, 0.25) is 5.02 Å². The maximum atomic E-state index is 12.3. The average Bonchev–Trinajstić information content (AvgIpc) is 3.10. The number of nitrogens with one attached hydrogen (secondary N) is 1. The van der Waals surface area contributed by atoms with Crippen molar-refractivity contribution in [3.8, 4) is 0 Å². The Morgan fingerprint density at radius 3 is 2.46 bits per heavy atom. The molecule has 2 heterocycles. The van der Waals surface area contributed by atoms with E-state index in [-0.39, 0.29) is 11.9 Å². The summed E-state index contributed by atoms with van der Waals surface area (Å²) in [4.78, 5) is 28.3. The van der Waals surface area contributed by atoms with Crippen molar-refractivity contribution < 1.29 is 9.59 Å². The highest BCUT2D eigenvalue weighted by Crippen LogP contribution is 2.23. The van der Waals surface area contributed by atoms with Gasteiger partial charge in [-0.05, 0) is 49.8 Å². The van der Waals surface area contributed by atoms with E-state index in [9.17, 15) is 9.59 Å². The van der Waals surface area contributed by atoms with Gasteiger partial charge in [0.1, 0.15) is 0 Å². The lowest BCUT2D eigenvalue weighted by molar-refractivity contribution is -0.131. The van der Waals surface area contributed by atoms with Crippen LogP contribution in [-0.2, 0) is 4.79 Å². The third kappa shape index (κ3) is 4.41. The number of nitrogens with zero attached hydrogens (tertiary/aromatic N) is 2. The smallest absolute Gasteiger partial charge is 0.321 e. The fraction of sp³-hybridized carbons (Fsp3) is 0.556. The summed E-state index contributed by atoms with van der Waals surface area (Å²) in [7, 11) is 0. The topological polar surface area (TPSA) is 52.7 Å². The molecular formula is C18H24ClN3O2. The van der Waals surface area contributed by atoms with Crippen molar-refractivity contribution in [1.29, 1.82) is 0 Å². The molecule has 0 spiro atoms. The summed E-state index contributed by atoms with van der Waals surface area (Å²) in [5, 5.41) is 3.48. The molecule has 130 valence electrons. The molecule has 2 aliphatic heterocycles.